The van der Waals surface area contributed by atoms with Crippen LogP contribution in [0.2, 0.25) is 0 Å². The van der Waals surface area contributed by atoms with Crippen LogP contribution in [0.25, 0.3) is 0 Å². The molecular weight excluding hydrogens is 214 g/mol. The second-order valence-corrected chi connectivity index (χ2v) is 6.16. The van der Waals surface area contributed by atoms with Crippen molar-refractivity contribution in [1.82, 2.24) is 4.72 Å². The Morgan fingerprint density at radius 2 is 2.07 bits per heavy atom. The molecule has 88 valence electrons. The first-order valence-corrected chi connectivity index (χ1v) is 7.14. The highest BCUT2D eigenvalue weighted by atomic mass is 32.2. The molecule has 0 aromatic carbocycles. The number of hydrogen-bond acceptors (Lipinski definition) is 3. The molecule has 4 nitrogen and oxygen atoms in total. The minimum absolute atomic E-state index is 0.0436. The predicted molar refractivity (Wildman–Crippen MR) is 58.7 cm³/mol. The van der Waals surface area contributed by atoms with E-state index in [0.717, 1.165) is 25.7 Å². The zero-order chi connectivity index (χ0) is 11.5. The van der Waals surface area contributed by atoms with Crippen LogP contribution in [0.1, 0.15) is 39.5 Å². The molecule has 1 aliphatic rings. The van der Waals surface area contributed by atoms with Crippen LogP contribution in [0.4, 0.5) is 0 Å². The van der Waals surface area contributed by atoms with Gasteiger partial charge in [0.2, 0.25) is 15.9 Å². The third kappa shape index (κ3) is 3.81. The maximum Gasteiger partial charge on any atom is 0.236 e. The summed E-state index contributed by atoms with van der Waals surface area (Å²) in [5.74, 6) is -0.250. The Morgan fingerprint density at radius 1 is 1.47 bits per heavy atom. The van der Waals surface area contributed by atoms with E-state index >= 15 is 0 Å². The second kappa shape index (κ2) is 4.96. The van der Waals surface area contributed by atoms with E-state index in [1.165, 1.54) is 0 Å². The van der Waals surface area contributed by atoms with Crippen molar-refractivity contribution in [2.24, 2.45) is 11.8 Å². The Morgan fingerprint density at radius 3 is 2.47 bits per heavy atom. The van der Waals surface area contributed by atoms with E-state index in [1.54, 1.807) is 0 Å². The summed E-state index contributed by atoms with van der Waals surface area (Å²) in [5.41, 5.74) is 0. The fourth-order valence-corrected chi connectivity index (χ4v) is 2.98. The number of nitrogens with one attached hydrogen (secondary N) is 1. The molecule has 1 rings (SSSR count). The lowest BCUT2D eigenvalue weighted by atomic mass is 9.85. The largest absolute Gasteiger partial charge is 0.274 e. The first-order chi connectivity index (χ1) is 6.94. The highest BCUT2D eigenvalue weighted by molar-refractivity contribution is 7.90. The highest BCUT2D eigenvalue weighted by Crippen LogP contribution is 2.26. The van der Waals surface area contributed by atoms with Gasteiger partial charge in [0, 0.05) is 5.92 Å². The molecule has 0 bridgehead atoms. The summed E-state index contributed by atoms with van der Waals surface area (Å²) in [5, 5.41) is 0. The second-order valence-electron chi connectivity index (χ2n) is 4.39. The van der Waals surface area contributed by atoms with Crippen LogP contribution < -0.4 is 4.72 Å². The van der Waals surface area contributed by atoms with E-state index in [9.17, 15) is 13.2 Å². The van der Waals surface area contributed by atoms with Gasteiger partial charge in [-0.1, -0.05) is 26.7 Å². The van der Waals surface area contributed by atoms with Crippen molar-refractivity contribution in [2.45, 2.75) is 39.5 Å². The number of carbonyl (C=O) groups is 1. The zero-order valence-corrected chi connectivity index (χ0v) is 10.1. The third-order valence-electron chi connectivity index (χ3n) is 2.93. The van der Waals surface area contributed by atoms with E-state index in [4.69, 9.17) is 0 Å². The smallest absolute Gasteiger partial charge is 0.236 e. The summed E-state index contributed by atoms with van der Waals surface area (Å²) in [6, 6.07) is 0. The molecule has 0 aromatic rings. The molecule has 0 aromatic heterocycles. The number of hydrogen-bond donors (Lipinski definition) is 1. The topological polar surface area (TPSA) is 63.2 Å². The van der Waals surface area contributed by atoms with Crippen LogP contribution in [0, 0.1) is 11.8 Å². The summed E-state index contributed by atoms with van der Waals surface area (Å²) in [6.45, 7) is 3.81. The minimum Gasteiger partial charge on any atom is -0.274 e. The standard InChI is InChI=1S/C10H19NO3S/c1-3-8(2)7-15(13,14)11-10(12)9-5-4-6-9/h8-9H,3-7H2,1-2H3,(H,11,12)/t8-/m1/s1. The Kier molecular flexibility index (Phi) is 4.13. The number of sulfonamides is 1. The molecule has 15 heavy (non-hydrogen) atoms. The molecule has 5 heteroatoms. The van der Waals surface area contributed by atoms with Crippen LogP contribution in [0.15, 0.2) is 0 Å². The third-order valence-corrected chi connectivity index (χ3v) is 4.45. The Hall–Kier alpha value is -0.580. The Bertz CT molecular complexity index is 320. The van der Waals surface area contributed by atoms with Crippen molar-refractivity contribution in [3.63, 3.8) is 0 Å². The fraction of sp³-hybridized carbons (Fsp3) is 0.900. The van der Waals surface area contributed by atoms with E-state index in [2.05, 4.69) is 4.72 Å². The van der Waals surface area contributed by atoms with Crippen molar-refractivity contribution in [1.29, 1.82) is 0 Å². The van der Waals surface area contributed by atoms with Crippen molar-refractivity contribution in [3.8, 4) is 0 Å². The van der Waals surface area contributed by atoms with Crippen molar-refractivity contribution in [3.05, 3.63) is 0 Å². The average molecular weight is 233 g/mol. The highest BCUT2D eigenvalue weighted by Gasteiger charge is 2.28. The monoisotopic (exact) mass is 233 g/mol. The van der Waals surface area contributed by atoms with Crippen LogP contribution >= 0.6 is 0 Å². The lowest BCUT2D eigenvalue weighted by molar-refractivity contribution is -0.125. The number of amides is 1. The predicted octanol–water partition coefficient (Wildman–Crippen LogP) is 1.28. The van der Waals surface area contributed by atoms with E-state index in [1.807, 2.05) is 13.8 Å². The quantitative estimate of drug-likeness (QED) is 0.778. The van der Waals surface area contributed by atoms with Gasteiger partial charge in [0.15, 0.2) is 0 Å². The fourth-order valence-electron chi connectivity index (χ4n) is 1.44. The summed E-state index contributed by atoms with van der Waals surface area (Å²) in [6.07, 6.45) is 3.48. The summed E-state index contributed by atoms with van der Waals surface area (Å²) in [4.78, 5) is 11.4. The summed E-state index contributed by atoms with van der Waals surface area (Å²) >= 11 is 0. The van der Waals surface area contributed by atoms with Gasteiger partial charge in [0.1, 0.15) is 0 Å². The van der Waals surface area contributed by atoms with Gasteiger partial charge in [0.05, 0.1) is 5.75 Å². The van der Waals surface area contributed by atoms with Gasteiger partial charge in [-0.05, 0) is 18.8 Å². The lowest BCUT2D eigenvalue weighted by Gasteiger charge is -2.24. The molecule has 1 aliphatic carbocycles. The zero-order valence-electron chi connectivity index (χ0n) is 9.32. The molecule has 1 N–H and O–H groups in total. The van der Waals surface area contributed by atoms with Crippen molar-refractivity contribution < 1.29 is 13.2 Å². The molecule has 0 radical (unpaired) electrons. The van der Waals surface area contributed by atoms with Gasteiger partial charge in [-0.3, -0.25) is 9.52 Å². The molecular formula is C10H19NO3S. The Balaban J connectivity index is 2.44. The molecule has 0 spiro atoms. The molecule has 0 aliphatic heterocycles. The van der Waals surface area contributed by atoms with Gasteiger partial charge in [-0.25, -0.2) is 8.42 Å². The molecule has 0 unspecified atom stereocenters. The SMILES string of the molecule is CC[C@@H](C)CS(=O)(=O)NC(=O)C1CCC1. The molecule has 1 saturated carbocycles. The van der Waals surface area contributed by atoms with E-state index in [0.29, 0.717) is 0 Å². The lowest BCUT2D eigenvalue weighted by Crippen LogP contribution is -2.40. The first-order valence-electron chi connectivity index (χ1n) is 5.49. The van der Waals surface area contributed by atoms with Gasteiger partial charge in [-0.15, -0.1) is 0 Å². The molecule has 1 atom stereocenters. The minimum atomic E-state index is -3.41. The van der Waals surface area contributed by atoms with E-state index < -0.39 is 10.0 Å². The summed E-state index contributed by atoms with van der Waals surface area (Å²) in [7, 11) is -3.41. The van der Waals surface area contributed by atoms with Gasteiger partial charge in [-0.2, -0.15) is 0 Å². The maximum absolute atomic E-state index is 11.5. The van der Waals surface area contributed by atoms with Gasteiger partial charge in [0.25, 0.3) is 0 Å². The maximum atomic E-state index is 11.5. The number of rotatable bonds is 5. The Labute approximate surface area is 91.5 Å². The van der Waals surface area contributed by atoms with Crippen LogP contribution in [0.3, 0.4) is 0 Å². The van der Waals surface area contributed by atoms with Crippen LogP contribution in [0.5, 0.6) is 0 Å². The van der Waals surface area contributed by atoms with Crippen molar-refractivity contribution >= 4 is 15.9 Å². The van der Waals surface area contributed by atoms with Crippen LogP contribution in [-0.4, -0.2) is 20.1 Å². The van der Waals surface area contributed by atoms with E-state index in [-0.39, 0.29) is 23.5 Å². The average Bonchev–Trinajstić information content (AvgIpc) is 1.98. The van der Waals surface area contributed by atoms with Crippen LogP contribution in [-0.2, 0) is 14.8 Å². The molecule has 1 fully saturated rings. The van der Waals surface area contributed by atoms with Gasteiger partial charge >= 0.3 is 0 Å². The van der Waals surface area contributed by atoms with Gasteiger partial charge < -0.3 is 0 Å². The molecule has 1 amide bonds. The summed E-state index contributed by atoms with van der Waals surface area (Å²) < 4.78 is 25.2. The van der Waals surface area contributed by atoms with Crippen molar-refractivity contribution in [2.75, 3.05) is 5.75 Å². The molecule has 0 heterocycles. The molecule has 0 saturated heterocycles. The number of carbonyl (C=O) groups excluding carboxylic acids is 1. The first kappa shape index (κ1) is 12.5. The normalized spacial score (nSPS) is 19.3.